The molecule has 2 aromatic carbocycles. The van der Waals surface area contributed by atoms with E-state index in [0.29, 0.717) is 22.8 Å². The molecule has 1 aliphatic carbocycles. The first kappa shape index (κ1) is 18.1. The number of carbonyl (C=O) groups excluding carboxylic acids is 1. The minimum absolute atomic E-state index is 0.154. The molecule has 0 spiro atoms. The lowest BCUT2D eigenvalue weighted by Gasteiger charge is -2.12. The topological polar surface area (TPSA) is 77.8 Å². The van der Waals surface area contributed by atoms with E-state index in [1.807, 2.05) is 19.1 Å². The van der Waals surface area contributed by atoms with Crippen LogP contribution >= 0.6 is 0 Å². The van der Waals surface area contributed by atoms with Crippen molar-refractivity contribution < 1.29 is 18.7 Å². The smallest absolute Gasteiger partial charge is 0.339 e. The van der Waals surface area contributed by atoms with E-state index in [2.05, 4.69) is 5.32 Å². The van der Waals surface area contributed by atoms with Gasteiger partial charge in [0, 0.05) is 28.3 Å². The third-order valence-corrected chi connectivity index (χ3v) is 5.05. The van der Waals surface area contributed by atoms with E-state index < -0.39 is 0 Å². The Bertz CT molecular complexity index is 1120. The Hall–Kier alpha value is -3.28. The number of hydrogen-bond acceptors (Lipinski definition) is 5. The highest BCUT2D eigenvalue weighted by atomic mass is 16.5. The van der Waals surface area contributed by atoms with E-state index in [4.69, 9.17) is 13.9 Å². The summed E-state index contributed by atoms with van der Waals surface area (Å²) in [4.78, 5) is 24.4. The van der Waals surface area contributed by atoms with Crippen LogP contribution in [-0.2, 0) is 17.6 Å². The van der Waals surface area contributed by atoms with Crippen molar-refractivity contribution in [1.29, 1.82) is 0 Å². The van der Waals surface area contributed by atoms with Crippen LogP contribution in [-0.4, -0.2) is 19.6 Å². The molecule has 1 N–H and O–H groups in total. The normalized spacial score (nSPS) is 12.6. The molecule has 0 saturated heterocycles. The lowest BCUT2D eigenvalue weighted by molar-refractivity contribution is -0.118. The minimum Gasteiger partial charge on any atom is -0.497 e. The van der Waals surface area contributed by atoms with Crippen molar-refractivity contribution >= 4 is 22.6 Å². The summed E-state index contributed by atoms with van der Waals surface area (Å²) in [7, 11) is 1.57. The maximum atomic E-state index is 12.2. The van der Waals surface area contributed by atoms with Gasteiger partial charge in [-0.3, -0.25) is 4.79 Å². The second kappa shape index (κ2) is 7.38. The largest absolute Gasteiger partial charge is 0.497 e. The Morgan fingerprint density at radius 2 is 2.00 bits per heavy atom. The van der Waals surface area contributed by atoms with E-state index in [0.717, 1.165) is 41.3 Å². The molecule has 0 unspecified atom stereocenters. The second-order valence-corrected chi connectivity index (χ2v) is 6.83. The zero-order chi connectivity index (χ0) is 19.7. The predicted molar refractivity (Wildman–Crippen MR) is 106 cm³/mol. The maximum absolute atomic E-state index is 12.2. The Morgan fingerprint density at radius 3 is 2.82 bits per heavy atom. The monoisotopic (exact) mass is 379 g/mol. The van der Waals surface area contributed by atoms with Gasteiger partial charge in [0.05, 0.1) is 7.11 Å². The SMILES string of the molecule is COc1cccc(NC(=O)COc2ccc3c4c(c(=O)oc3c2C)CCC4)c1. The summed E-state index contributed by atoms with van der Waals surface area (Å²) in [6.45, 7) is 1.68. The van der Waals surface area contributed by atoms with Crippen molar-refractivity contribution in [3.05, 3.63) is 63.5 Å². The highest BCUT2D eigenvalue weighted by Crippen LogP contribution is 2.33. The molecule has 3 aromatic rings. The Balaban J connectivity index is 1.52. The van der Waals surface area contributed by atoms with Crippen LogP contribution in [0.3, 0.4) is 0 Å². The highest BCUT2D eigenvalue weighted by Gasteiger charge is 2.21. The van der Waals surface area contributed by atoms with Gasteiger partial charge >= 0.3 is 5.63 Å². The van der Waals surface area contributed by atoms with Gasteiger partial charge in [-0.2, -0.15) is 0 Å². The van der Waals surface area contributed by atoms with Gasteiger partial charge in [0.15, 0.2) is 6.61 Å². The van der Waals surface area contributed by atoms with E-state index in [1.54, 1.807) is 31.4 Å². The van der Waals surface area contributed by atoms with Crippen LogP contribution in [0.1, 0.15) is 23.1 Å². The van der Waals surface area contributed by atoms with Gasteiger partial charge < -0.3 is 19.2 Å². The number of carbonyl (C=O) groups is 1. The fourth-order valence-corrected chi connectivity index (χ4v) is 3.66. The maximum Gasteiger partial charge on any atom is 0.339 e. The van der Waals surface area contributed by atoms with Crippen molar-refractivity contribution in [2.45, 2.75) is 26.2 Å². The van der Waals surface area contributed by atoms with Crippen LogP contribution in [0.5, 0.6) is 11.5 Å². The van der Waals surface area contributed by atoms with Crippen molar-refractivity contribution in [3.63, 3.8) is 0 Å². The molecule has 1 aliphatic rings. The molecule has 0 aliphatic heterocycles. The number of fused-ring (bicyclic) bond motifs is 3. The number of amides is 1. The van der Waals surface area contributed by atoms with Crippen molar-refractivity contribution in [2.24, 2.45) is 0 Å². The van der Waals surface area contributed by atoms with E-state index in [-0.39, 0.29) is 18.1 Å². The molecular weight excluding hydrogens is 358 g/mol. The number of rotatable bonds is 5. The summed E-state index contributed by atoms with van der Waals surface area (Å²) in [5.74, 6) is 0.893. The first-order chi connectivity index (χ1) is 13.6. The summed E-state index contributed by atoms with van der Waals surface area (Å²) in [5.41, 5.74) is 3.49. The first-order valence-electron chi connectivity index (χ1n) is 9.21. The fraction of sp³-hybridized carbons (Fsp3) is 0.273. The number of methoxy groups -OCH3 is 1. The number of anilines is 1. The lowest BCUT2D eigenvalue weighted by Crippen LogP contribution is -2.20. The quantitative estimate of drug-likeness (QED) is 0.685. The second-order valence-electron chi connectivity index (χ2n) is 6.83. The standard InChI is InChI=1S/C22H21NO5/c1-13-19(27-12-20(24)23-14-5-3-6-15(11-14)26-2)10-9-17-16-7-4-8-18(16)22(25)28-21(13)17/h3,5-6,9-11H,4,7-8,12H2,1-2H3,(H,23,24). The van der Waals surface area contributed by atoms with Crippen LogP contribution in [0.15, 0.2) is 45.6 Å². The van der Waals surface area contributed by atoms with Gasteiger partial charge in [0.1, 0.15) is 17.1 Å². The summed E-state index contributed by atoms with van der Waals surface area (Å²) in [6.07, 6.45) is 2.64. The average molecular weight is 379 g/mol. The molecule has 6 nitrogen and oxygen atoms in total. The van der Waals surface area contributed by atoms with Crippen LogP contribution < -0.4 is 20.4 Å². The zero-order valence-electron chi connectivity index (χ0n) is 15.8. The van der Waals surface area contributed by atoms with Crippen molar-refractivity contribution in [2.75, 3.05) is 19.0 Å². The van der Waals surface area contributed by atoms with Gasteiger partial charge in [-0.25, -0.2) is 4.79 Å². The molecule has 144 valence electrons. The number of nitrogens with one attached hydrogen (secondary N) is 1. The molecular formula is C22H21NO5. The van der Waals surface area contributed by atoms with Crippen molar-refractivity contribution in [3.8, 4) is 11.5 Å². The summed E-state index contributed by atoms with van der Waals surface area (Å²) < 4.78 is 16.4. The molecule has 0 radical (unpaired) electrons. The highest BCUT2D eigenvalue weighted by molar-refractivity contribution is 5.92. The molecule has 0 fully saturated rings. The first-order valence-corrected chi connectivity index (χ1v) is 9.21. The molecule has 6 heteroatoms. The van der Waals surface area contributed by atoms with Crippen LogP contribution in [0.25, 0.3) is 11.0 Å². The average Bonchev–Trinajstić information content (AvgIpc) is 3.19. The lowest BCUT2D eigenvalue weighted by atomic mass is 10.0. The van der Waals surface area contributed by atoms with Gasteiger partial charge in [0.25, 0.3) is 5.91 Å². The summed E-state index contributed by atoms with van der Waals surface area (Å²) in [6, 6.07) is 10.8. The number of benzene rings is 2. The molecule has 1 heterocycles. The van der Waals surface area contributed by atoms with Crippen LogP contribution in [0.2, 0.25) is 0 Å². The predicted octanol–water partition coefficient (Wildman–Crippen LogP) is 3.62. The van der Waals surface area contributed by atoms with Gasteiger partial charge in [0.2, 0.25) is 0 Å². The summed E-state index contributed by atoms with van der Waals surface area (Å²) in [5, 5.41) is 3.73. The van der Waals surface area contributed by atoms with Gasteiger partial charge in [-0.05, 0) is 56.0 Å². The molecule has 1 aromatic heterocycles. The summed E-state index contributed by atoms with van der Waals surface area (Å²) >= 11 is 0. The van der Waals surface area contributed by atoms with Gasteiger partial charge in [-0.15, -0.1) is 0 Å². The fourth-order valence-electron chi connectivity index (χ4n) is 3.66. The zero-order valence-corrected chi connectivity index (χ0v) is 15.8. The Kier molecular flexibility index (Phi) is 4.77. The third kappa shape index (κ3) is 3.33. The third-order valence-electron chi connectivity index (χ3n) is 5.05. The van der Waals surface area contributed by atoms with Crippen molar-refractivity contribution in [1.82, 2.24) is 0 Å². The Morgan fingerprint density at radius 1 is 1.18 bits per heavy atom. The van der Waals surface area contributed by atoms with Crippen LogP contribution in [0, 0.1) is 6.92 Å². The molecule has 4 rings (SSSR count). The number of aryl methyl sites for hydroxylation is 2. The number of ether oxygens (including phenoxy) is 2. The molecule has 0 bridgehead atoms. The molecule has 1 amide bonds. The van der Waals surface area contributed by atoms with E-state index >= 15 is 0 Å². The van der Waals surface area contributed by atoms with Gasteiger partial charge in [-0.1, -0.05) is 6.07 Å². The number of hydrogen-bond donors (Lipinski definition) is 1. The van der Waals surface area contributed by atoms with E-state index in [9.17, 15) is 9.59 Å². The van der Waals surface area contributed by atoms with Crippen LogP contribution in [0.4, 0.5) is 5.69 Å². The molecule has 0 saturated carbocycles. The molecule has 28 heavy (non-hydrogen) atoms. The molecule has 0 atom stereocenters. The Labute approximate surface area is 162 Å². The minimum atomic E-state index is -0.289. The van der Waals surface area contributed by atoms with E-state index in [1.165, 1.54) is 0 Å².